The normalized spacial score (nSPS) is 17.7. The number of aryl methyl sites for hydroxylation is 1. The summed E-state index contributed by atoms with van der Waals surface area (Å²) >= 11 is 0. The van der Waals surface area contributed by atoms with Crippen LogP contribution in [0.25, 0.3) is 44.7 Å². The van der Waals surface area contributed by atoms with Gasteiger partial charge in [0.15, 0.2) is 5.78 Å². The number of hydrogen-bond donors (Lipinski definition) is 2. The second kappa shape index (κ2) is 12.2. The molecule has 0 saturated carbocycles. The molecule has 1 aliphatic carbocycles. The fourth-order valence-corrected chi connectivity index (χ4v) is 7.10. The van der Waals surface area contributed by atoms with E-state index in [0.29, 0.717) is 73.8 Å². The van der Waals surface area contributed by atoms with Gasteiger partial charge in [0, 0.05) is 45.8 Å². The predicted octanol–water partition coefficient (Wildman–Crippen LogP) is 3.96. The molecule has 8 bridgehead atoms. The quantitative estimate of drug-likeness (QED) is 0.358. The van der Waals surface area contributed by atoms with E-state index in [0.717, 1.165) is 16.8 Å². The van der Waals surface area contributed by atoms with Crippen LogP contribution in [-0.2, 0) is 19.1 Å². The van der Waals surface area contributed by atoms with Crippen LogP contribution in [0.2, 0.25) is 0 Å². The molecule has 232 valence electrons. The molecule has 2 aromatic heterocycles. The molecule has 0 saturated heterocycles. The molecule has 46 heavy (non-hydrogen) atoms. The minimum absolute atomic E-state index is 0. The summed E-state index contributed by atoms with van der Waals surface area (Å²) in [6.45, 7) is 11.2. The topological polar surface area (TPSA) is 164 Å². The first-order valence-corrected chi connectivity index (χ1v) is 15.1. The summed E-state index contributed by atoms with van der Waals surface area (Å²) in [5.41, 5.74) is 9.46. The summed E-state index contributed by atoms with van der Waals surface area (Å²) in [7, 11) is 1.23. The van der Waals surface area contributed by atoms with Crippen molar-refractivity contribution in [1.82, 2.24) is 19.9 Å². The zero-order valence-electron chi connectivity index (χ0n) is 27.1. The predicted molar refractivity (Wildman–Crippen MR) is 173 cm³/mol. The second-order valence-electron chi connectivity index (χ2n) is 12.0. The van der Waals surface area contributed by atoms with Crippen LogP contribution in [0.1, 0.15) is 117 Å². The van der Waals surface area contributed by atoms with Gasteiger partial charge in [0.05, 0.1) is 41.0 Å². The standard InChI is InChI=1S/C35H36N4O6.Mg/c1-8-19-14(2)21-13-26-28(18(6)40)16(4)23(37-26)11-22-15(3)20(9-10-27(41)42)32(38-22)30-31(35(44)45-7)34(43)29-17(5)24(39-33(29)30)12-25(19)36-21;/h11-13,15,20,38-39,43H,8-10H2,1-7H3,(H,41,42);/q;+2/p-2/t15-,20-;/m0./s1. The van der Waals surface area contributed by atoms with Crippen molar-refractivity contribution in [3.05, 3.63) is 69.1 Å². The molecule has 0 amide bonds. The van der Waals surface area contributed by atoms with E-state index in [1.165, 1.54) is 14.0 Å². The van der Waals surface area contributed by atoms with Gasteiger partial charge in [-0.05, 0) is 93.0 Å². The number of carbonyl (C=O) groups excluding carboxylic acids is 3. The summed E-state index contributed by atoms with van der Waals surface area (Å²) in [6, 6.07) is 5.61. The van der Waals surface area contributed by atoms with Crippen molar-refractivity contribution in [2.45, 2.75) is 72.6 Å². The molecule has 0 spiro atoms. The van der Waals surface area contributed by atoms with E-state index >= 15 is 0 Å². The molecular formula is C35H34MgN4O6. The van der Waals surface area contributed by atoms with Gasteiger partial charge in [0.1, 0.15) is 0 Å². The Morgan fingerprint density at radius 3 is 2.24 bits per heavy atom. The van der Waals surface area contributed by atoms with E-state index in [2.05, 4.69) is 9.97 Å². The number of ketones is 1. The number of rotatable bonds is 6. The number of nitrogens with zero attached hydrogens (tertiary/aromatic N) is 2. The molecule has 3 aliphatic heterocycles. The SMILES string of the molecule is CCC1=C(C)c2cc3nc(cc4[nH]c(c5c6[nH]c(cc1n2)c(C)c6C([O-])=C5C(=O)OC)[C@@H](CCC(=O)[O-])[C@@H]4C)C(C)=C3C(C)=O.[Mg+2]. The molecule has 10 nitrogen and oxygen atoms in total. The number of H-pyrrole nitrogens is 2. The fraction of sp³-hybridized carbons (Fsp3) is 0.343. The zero-order chi connectivity index (χ0) is 32.5. The van der Waals surface area contributed by atoms with E-state index in [1.54, 1.807) is 0 Å². The average molecular weight is 631 g/mol. The molecule has 11 heteroatoms. The number of ether oxygens (including phenoxy) is 1. The Kier molecular flexibility index (Phi) is 8.78. The van der Waals surface area contributed by atoms with Crippen LogP contribution < -0.4 is 10.2 Å². The number of allylic oxidation sites excluding steroid dienone is 4. The maximum Gasteiger partial charge on any atom is 2.00 e. The van der Waals surface area contributed by atoms with E-state index < -0.39 is 23.6 Å². The first-order chi connectivity index (χ1) is 21.4. The van der Waals surface area contributed by atoms with Crippen molar-refractivity contribution < 1.29 is 29.3 Å². The van der Waals surface area contributed by atoms with E-state index in [4.69, 9.17) is 14.7 Å². The molecule has 4 aliphatic rings. The van der Waals surface area contributed by atoms with Crippen molar-refractivity contribution in [3.8, 4) is 0 Å². The van der Waals surface area contributed by atoms with E-state index in [1.807, 2.05) is 52.8 Å². The summed E-state index contributed by atoms with van der Waals surface area (Å²) in [5, 5.41) is 25.6. The summed E-state index contributed by atoms with van der Waals surface area (Å²) in [6.07, 6.45) is 0.690. The second-order valence-corrected chi connectivity index (χ2v) is 12.0. The Hall–Kier alpha value is -4.22. The number of carbonyl (C=O) groups is 3. The van der Waals surface area contributed by atoms with Gasteiger partial charge in [0.25, 0.3) is 0 Å². The molecule has 2 aromatic rings. The van der Waals surface area contributed by atoms with Gasteiger partial charge < -0.3 is 29.7 Å². The van der Waals surface area contributed by atoms with Gasteiger partial charge >= 0.3 is 29.0 Å². The third-order valence-electron chi connectivity index (χ3n) is 9.50. The van der Waals surface area contributed by atoms with Gasteiger partial charge in [-0.1, -0.05) is 19.6 Å². The Balaban J connectivity index is 0.00000417. The molecule has 6 rings (SSSR count). The number of carboxylic acid groups (broad SMARTS) is 1. The number of fused-ring (bicyclic) bond motifs is 8. The molecule has 0 unspecified atom stereocenters. The number of nitrogens with one attached hydrogen (secondary N) is 2. The molecule has 2 N–H and O–H groups in total. The number of carboxylic acids is 1. The van der Waals surface area contributed by atoms with E-state index in [9.17, 15) is 24.6 Å². The number of hydrogen-bond acceptors (Lipinski definition) is 8. The monoisotopic (exact) mass is 630 g/mol. The first kappa shape index (κ1) is 33.1. The van der Waals surface area contributed by atoms with Gasteiger partial charge in [-0.3, -0.25) is 4.79 Å². The third kappa shape index (κ3) is 5.05. The van der Waals surface area contributed by atoms with Crippen LogP contribution in [0.5, 0.6) is 0 Å². The number of Topliss-reactive ketones (excluding diaryl/α,β-unsaturated/α-hetero) is 1. The number of aromatic amines is 2. The largest absolute Gasteiger partial charge is 2.00 e. The van der Waals surface area contributed by atoms with Gasteiger partial charge in [0.2, 0.25) is 0 Å². The van der Waals surface area contributed by atoms with Crippen LogP contribution >= 0.6 is 0 Å². The average Bonchev–Trinajstić information content (AvgIpc) is 3.72. The van der Waals surface area contributed by atoms with Crippen LogP contribution in [0.15, 0.2) is 18.2 Å². The van der Waals surface area contributed by atoms with Crippen LogP contribution in [0.4, 0.5) is 0 Å². The number of methoxy groups -OCH3 is 1. The minimum Gasteiger partial charge on any atom is -0.871 e. The van der Waals surface area contributed by atoms with Crippen molar-refractivity contribution in [3.63, 3.8) is 0 Å². The molecule has 0 aromatic carbocycles. The summed E-state index contributed by atoms with van der Waals surface area (Å²) < 4.78 is 5.08. The number of aliphatic carboxylic acids is 1. The van der Waals surface area contributed by atoms with Crippen molar-refractivity contribution in [2.24, 2.45) is 0 Å². The maximum absolute atomic E-state index is 14.0. The van der Waals surface area contributed by atoms with Crippen LogP contribution in [0, 0.1) is 6.92 Å². The maximum atomic E-state index is 14.0. The summed E-state index contributed by atoms with van der Waals surface area (Å²) in [4.78, 5) is 54.4. The smallest absolute Gasteiger partial charge is 0.871 e. The van der Waals surface area contributed by atoms with Crippen LogP contribution in [-0.4, -0.2) is 67.8 Å². The van der Waals surface area contributed by atoms with Crippen molar-refractivity contribution in [2.75, 3.05) is 7.11 Å². The molecular weight excluding hydrogens is 597 g/mol. The number of esters is 1. The Morgan fingerprint density at radius 2 is 1.61 bits per heavy atom. The first-order valence-electron chi connectivity index (χ1n) is 15.1. The Bertz CT molecular complexity index is 2030. The molecule has 5 heterocycles. The van der Waals surface area contributed by atoms with Gasteiger partial charge in [-0.15, -0.1) is 0 Å². The van der Waals surface area contributed by atoms with Crippen molar-refractivity contribution >= 4 is 85.4 Å². The van der Waals surface area contributed by atoms with Gasteiger partial charge in [-0.2, -0.15) is 0 Å². The minimum atomic E-state index is -1.20. The summed E-state index contributed by atoms with van der Waals surface area (Å²) in [5.74, 6) is -3.20. The van der Waals surface area contributed by atoms with Crippen molar-refractivity contribution in [1.29, 1.82) is 0 Å². The van der Waals surface area contributed by atoms with Gasteiger partial charge in [-0.25, -0.2) is 14.8 Å². The molecule has 0 radical (unpaired) electrons. The van der Waals surface area contributed by atoms with Crippen LogP contribution in [0.3, 0.4) is 0 Å². The Labute approximate surface area is 282 Å². The van der Waals surface area contributed by atoms with E-state index in [-0.39, 0.29) is 53.2 Å². The third-order valence-corrected chi connectivity index (χ3v) is 9.50. The Morgan fingerprint density at radius 1 is 0.935 bits per heavy atom. The fourth-order valence-electron chi connectivity index (χ4n) is 7.10. The molecule has 2 atom stereocenters. The zero-order valence-corrected chi connectivity index (χ0v) is 28.5. The molecule has 0 fully saturated rings. The number of aromatic nitrogens is 4.